The maximum Gasteiger partial charge on any atom is 0.0295 e. The lowest BCUT2D eigenvalue weighted by molar-refractivity contribution is 0.572. The highest BCUT2D eigenvalue weighted by molar-refractivity contribution is 9.10. The molecule has 3 rings (SSSR count). The van der Waals surface area contributed by atoms with Gasteiger partial charge in [-0.1, -0.05) is 52.3 Å². The molecule has 2 aromatic carbocycles. The van der Waals surface area contributed by atoms with Crippen LogP contribution >= 0.6 is 15.9 Å². The lowest BCUT2D eigenvalue weighted by atomic mass is 10.0. The second-order valence-corrected chi connectivity index (χ2v) is 6.55. The standard InChI is InChI=1S/C18H20BrN/c1-13(15-6-4-7-17(19)11-15)20-12-16-5-2-3-8-18(16)14-9-10-14/h2-8,11,13-14,20H,9-10,12H2,1H3/t13-/m0/s1. The fourth-order valence-electron chi connectivity index (χ4n) is 2.64. The first kappa shape index (κ1) is 13.8. The molecule has 0 heterocycles. The highest BCUT2D eigenvalue weighted by Crippen LogP contribution is 2.41. The zero-order valence-corrected chi connectivity index (χ0v) is 13.4. The summed E-state index contributed by atoms with van der Waals surface area (Å²) >= 11 is 3.54. The quantitative estimate of drug-likeness (QED) is 0.797. The molecular weight excluding hydrogens is 310 g/mol. The van der Waals surface area contributed by atoms with E-state index in [2.05, 4.69) is 76.7 Å². The minimum Gasteiger partial charge on any atom is -0.306 e. The summed E-state index contributed by atoms with van der Waals surface area (Å²) in [4.78, 5) is 0. The Labute approximate surface area is 129 Å². The van der Waals surface area contributed by atoms with E-state index in [-0.39, 0.29) is 0 Å². The summed E-state index contributed by atoms with van der Waals surface area (Å²) in [5.74, 6) is 0.814. The maximum atomic E-state index is 3.64. The monoisotopic (exact) mass is 329 g/mol. The summed E-state index contributed by atoms with van der Waals surface area (Å²) < 4.78 is 1.14. The molecule has 0 aliphatic heterocycles. The molecule has 1 N–H and O–H groups in total. The Morgan fingerprint density at radius 2 is 1.95 bits per heavy atom. The molecule has 1 aliphatic rings. The van der Waals surface area contributed by atoms with E-state index < -0.39 is 0 Å². The Hall–Kier alpha value is -1.12. The van der Waals surface area contributed by atoms with Crippen molar-refractivity contribution in [2.24, 2.45) is 0 Å². The minimum absolute atomic E-state index is 0.361. The molecule has 0 bridgehead atoms. The Bertz CT molecular complexity index is 589. The molecule has 1 fully saturated rings. The van der Waals surface area contributed by atoms with Gasteiger partial charge in [-0.25, -0.2) is 0 Å². The summed E-state index contributed by atoms with van der Waals surface area (Å²) in [5.41, 5.74) is 4.32. The second-order valence-electron chi connectivity index (χ2n) is 5.63. The Kier molecular flexibility index (Phi) is 4.23. The van der Waals surface area contributed by atoms with Crippen LogP contribution in [0.2, 0.25) is 0 Å². The predicted molar refractivity (Wildman–Crippen MR) is 87.8 cm³/mol. The molecule has 2 aromatic rings. The van der Waals surface area contributed by atoms with Crippen molar-refractivity contribution >= 4 is 15.9 Å². The molecule has 1 atom stereocenters. The molecule has 1 saturated carbocycles. The van der Waals surface area contributed by atoms with E-state index in [0.717, 1.165) is 16.9 Å². The highest BCUT2D eigenvalue weighted by atomic mass is 79.9. The van der Waals surface area contributed by atoms with E-state index in [9.17, 15) is 0 Å². The van der Waals surface area contributed by atoms with Crippen LogP contribution < -0.4 is 5.32 Å². The zero-order chi connectivity index (χ0) is 13.9. The van der Waals surface area contributed by atoms with Crippen molar-refractivity contribution in [3.63, 3.8) is 0 Å². The SMILES string of the molecule is C[C@H](NCc1ccccc1C1CC1)c1cccc(Br)c1. The molecule has 0 saturated heterocycles. The van der Waals surface area contributed by atoms with E-state index in [0.29, 0.717) is 6.04 Å². The van der Waals surface area contributed by atoms with Crippen molar-refractivity contribution < 1.29 is 0 Å². The summed E-state index contributed by atoms with van der Waals surface area (Å²) in [6.45, 7) is 3.17. The zero-order valence-electron chi connectivity index (χ0n) is 11.8. The van der Waals surface area contributed by atoms with Gasteiger partial charge < -0.3 is 5.32 Å². The van der Waals surface area contributed by atoms with Gasteiger partial charge in [0, 0.05) is 17.1 Å². The van der Waals surface area contributed by atoms with Gasteiger partial charge >= 0.3 is 0 Å². The Morgan fingerprint density at radius 1 is 1.15 bits per heavy atom. The van der Waals surface area contributed by atoms with Crippen molar-refractivity contribution in [3.05, 3.63) is 69.7 Å². The van der Waals surface area contributed by atoms with Gasteiger partial charge in [0.15, 0.2) is 0 Å². The van der Waals surface area contributed by atoms with Crippen LogP contribution in [-0.4, -0.2) is 0 Å². The van der Waals surface area contributed by atoms with Gasteiger partial charge in [-0.15, -0.1) is 0 Å². The Balaban J connectivity index is 1.67. The van der Waals surface area contributed by atoms with Crippen LogP contribution in [0.1, 0.15) is 48.4 Å². The number of halogens is 1. The van der Waals surface area contributed by atoms with Crippen LogP contribution in [0.25, 0.3) is 0 Å². The molecular formula is C18H20BrN. The maximum absolute atomic E-state index is 3.64. The molecule has 1 nitrogen and oxygen atoms in total. The Morgan fingerprint density at radius 3 is 2.70 bits per heavy atom. The van der Waals surface area contributed by atoms with Gasteiger partial charge in [0.25, 0.3) is 0 Å². The molecule has 20 heavy (non-hydrogen) atoms. The van der Waals surface area contributed by atoms with Crippen molar-refractivity contribution in [1.82, 2.24) is 5.32 Å². The van der Waals surface area contributed by atoms with Gasteiger partial charge in [-0.2, -0.15) is 0 Å². The minimum atomic E-state index is 0.361. The molecule has 104 valence electrons. The molecule has 0 unspecified atom stereocenters. The van der Waals surface area contributed by atoms with E-state index in [1.165, 1.54) is 24.0 Å². The van der Waals surface area contributed by atoms with Crippen molar-refractivity contribution in [2.75, 3.05) is 0 Å². The fraction of sp³-hybridized carbons (Fsp3) is 0.333. The summed E-state index contributed by atoms with van der Waals surface area (Å²) in [5, 5.41) is 3.64. The summed E-state index contributed by atoms with van der Waals surface area (Å²) in [6.07, 6.45) is 2.72. The van der Waals surface area contributed by atoms with Gasteiger partial charge in [-0.3, -0.25) is 0 Å². The number of nitrogens with one attached hydrogen (secondary N) is 1. The van der Waals surface area contributed by atoms with Crippen LogP contribution in [0, 0.1) is 0 Å². The lowest BCUT2D eigenvalue weighted by Gasteiger charge is -2.16. The summed E-state index contributed by atoms with van der Waals surface area (Å²) in [6, 6.07) is 17.7. The third kappa shape index (κ3) is 3.31. The average Bonchev–Trinajstić information content (AvgIpc) is 3.29. The second kappa shape index (κ2) is 6.11. The third-order valence-electron chi connectivity index (χ3n) is 4.02. The van der Waals surface area contributed by atoms with Crippen LogP contribution in [0.3, 0.4) is 0 Å². The first-order valence-corrected chi connectivity index (χ1v) is 8.10. The van der Waals surface area contributed by atoms with E-state index >= 15 is 0 Å². The first-order chi connectivity index (χ1) is 9.74. The molecule has 0 radical (unpaired) electrons. The van der Waals surface area contributed by atoms with Crippen LogP contribution in [0.5, 0.6) is 0 Å². The highest BCUT2D eigenvalue weighted by Gasteiger charge is 2.25. The average molecular weight is 330 g/mol. The van der Waals surface area contributed by atoms with Gasteiger partial charge in [0.2, 0.25) is 0 Å². The predicted octanol–water partition coefficient (Wildman–Crippen LogP) is 5.18. The van der Waals surface area contributed by atoms with Gasteiger partial charge in [0.05, 0.1) is 0 Å². The third-order valence-corrected chi connectivity index (χ3v) is 4.51. The fourth-order valence-corrected chi connectivity index (χ4v) is 3.06. The molecule has 0 aromatic heterocycles. The molecule has 2 heteroatoms. The number of hydrogen-bond acceptors (Lipinski definition) is 1. The summed E-state index contributed by atoms with van der Waals surface area (Å²) in [7, 11) is 0. The number of hydrogen-bond donors (Lipinski definition) is 1. The van der Waals surface area contributed by atoms with Gasteiger partial charge in [-0.05, 0) is 54.5 Å². The van der Waals surface area contributed by atoms with Crippen LogP contribution in [0.15, 0.2) is 53.0 Å². The van der Waals surface area contributed by atoms with Gasteiger partial charge in [0.1, 0.15) is 0 Å². The van der Waals surface area contributed by atoms with E-state index in [1.807, 2.05) is 0 Å². The topological polar surface area (TPSA) is 12.0 Å². The van der Waals surface area contributed by atoms with Crippen LogP contribution in [-0.2, 0) is 6.54 Å². The number of benzene rings is 2. The number of rotatable bonds is 5. The smallest absolute Gasteiger partial charge is 0.0295 e. The first-order valence-electron chi connectivity index (χ1n) is 7.30. The molecule has 0 amide bonds. The van der Waals surface area contributed by atoms with Crippen molar-refractivity contribution in [3.8, 4) is 0 Å². The van der Waals surface area contributed by atoms with E-state index in [1.54, 1.807) is 5.56 Å². The van der Waals surface area contributed by atoms with E-state index in [4.69, 9.17) is 0 Å². The lowest BCUT2D eigenvalue weighted by Crippen LogP contribution is -2.18. The molecule has 1 aliphatic carbocycles. The molecule has 0 spiro atoms. The normalized spacial score (nSPS) is 16.1. The van der Waals surface area contributed by atoms with Crippen molar-refractivity contribution in [2.45, 2.75) is 38.3 Å². The van der Waals surface area contributed by atoms with Crippen molar-refractivity contribution in [1.29, 1.82) is 0 Å². The van der Waals surface area contributed by atoms with Crippen LogP contribution in [0.4, 0.5) is 0 Å². The largest absolute Gasteiger partial charge is 0.306 e.